The number of thiazole rings is 1. The molecule has 116 valence electrons. The van der Waals surface area contributed by atoms with E-state index in [1.54, 1.807) is 11.3 Å². The van der Waals surface area contributed by atoms with Gasteiger partial charge in [0, 0.05) is 43.7 Å². The maximum Gasteiger partial charge on any atom is 0.195 e. The largest absolute Gasteiger partial charge is 0.377 e. The molecule has 2 aromatic rings. The molecule has 2 atom stereocenters. The molecule has 0 saturated carbocycles. The molecule has 3 rings (SSSR count). The van der Waals surface area contributed by atoms with Crippen LogP contribution >= 0.6 is 11.3 Å². The Labute approximate surface area is 129 Å². The Hall–Kier alpha value is -1.11. The molecule has 0 aromatic carbocycles. The van der Waals surface area contributed by atoms with Crippen LogP contribution in [0.25, 0.3) is 4.96 Å². The zero-order valence-electron chi connectivity index (χ0n) is 12.8. The van der Waals surface area contributed by atoms with Crippen molar-refractivity contribution < 1.29 is 4.74 Å². The molecule has 0 amide bonds. The molecule has 5 nitrogen and oxygen atoms in total. The molecule has 1 aliphatic heterocycles. The summed E-state index contributed by atoms with van der Waals surface area (Å²) in [7, 11) is 0. The third-order valence-corrected chi connectivity index (χ3v) is 4.83. The molecule has 2 unspecified atom stereocenters. The molecule has 3 heterocycles. The van der Waals surface area contributed by atoms with Crippen LogP contribution in [0.15, 0.2) is 11.6 Å². The fourth-order valence-electron chi connectivity index (χ4n) is 2.84. The minimum absolute atomic E-state index is 0.184. The zero-order chi connectivity index (χ0) is 14.8. The second kappa shape index (κ2) is 6.34. The van der Waals surface area contributed by atoms with E-state index in [0.29, 0.717) is 0 Å². The summed E-state index contributed by atoms with van der Waals surface area (Å²) < 4.78 is 7.95. The first-order valence-electron chi connectivity index (χ1n) is 7.75. The van der Waals surface area contributed by atoms with Crippen LogP contribution in [0, 0.1) is 0 Å². The number of hydrogen-bond acceptors (Lipinski definition) is 5. The van der Waals surface area contributed by atoms with Gasteiger partial charge in [-0.2, -0.15) is 0 Å². The molecule has 0 bridgehead atoms. The monoisotopic (exact) mass is 308 g/mol. The molecular formula is C15H24N4OS. The van der Waals surface area contributed by atoms with Crippen LogP contribution in [0.3, 0.4) is 0 Å². The number of aromatic nitrogens is 2. The molecule has 21 heavy (non-hydrogen) atoms. The van der Waals surface area contributed by atoms with Crippen LogP contribution in [-0.2, 0) is 11.2 Å². The van der Waals surface area contributed by atoms with Crippen molar-refractivity contribution in [1.82, 2.24) is 9.38 Å². The Morgan fingerprint density at radius 1 is 1.57 bits per heavy atom. The van der Waals surface area contributed by atoms with E-state index in [4.69, 9.17) is 15.5 Å². The van der Waals surface area contributed by atoms with E-state index in [-0.39, 0.29) is 12.1 Å². The van der Waals surface area contributed by atoms with Crippen molar-refractivity contribution in [2.75, 3.05) is 24.6 Å². The second-order valence-electron chi connectivity index (χ2n) is 5.79. The average molecular weight is 308 g/mol. The molecule has 1 fully saturated rings. The van der Waals surface area contributed by atoms with Gasteiger partial charge in [-0.15, -0.1) is 11.3 Å². The Balaban J connectivity index is 1.95. The van der Waals surface area contributed by atoms with Gasteiger partial charge in [0.25, 0.3) is 0 Å². The third kappa shape index (κ3) is 3.07. The van der Waals surface area contributed by atoms with Crippen LogP contribution in [0.1, 0.15) is 32.4 Å². The Kier molecular flexibility index (Phi) is 4.47. The summed E-state index contributed by atoms with van der Waals surface area (Å²) in [5.41, 5.74) is 7.44. The first-order chi connectivity index (χ1) is 10.2. The maximum atomic E-state index is 6.20. The minimum Gasteiger partial charge on any atom is -0.377 e. The Bertz CT molecular complexity index is 594. The minimum atomic E-state index is 0.184. The fourth-order valence-corrected chi connectivity index (χ4v) is 3.57. The van der Waals surface area contributed by atoms with Crippen LogP contribution < -0.4 is 10.6 Å². The van der Waals surface area contributed by atoms with Crippen LogP contribution in [-0.4, -0.2) is 41.2 Å². The fraction of sp³-hybridized carbons (Fsp3) is 0.667. The highest BCUT2D eigenvalue weighted by atomic mass is 32.1. The lowest BCUT2D eigenvalue weighted by Crippen LogP contribution is -2.32. The molecule has 0 spiro atoms. The van der Waals surface area contributed by atoms with E-state index in [0.717, 1.165) is 49.7 Å². The SMILES string of the molecule is CCC(N)Cc1c(N2CCCOC(C)C2)nc2sccn12. The van der Waals surface area contributed by atoms with Gasteiger partial charge in [-0.3, -0.25) is 4.40 Å². The molecule has 1 aliphatic rings. The van der Waals surface area contributed by atoms with Crippen molar-refractivity contribution >= 4 is 22.1 Å². The lowest BCUT2D eigenvalue weighted by Gasteiger charge is -2.24. The van der Waals surface area contributed by atoms with E-state index < -0.39 is 0 Å². The van der Waals surface area contributed by atoms with Crippen molar-refractivity contribution in [3.05, 3.63) is 17.3 Å². The number of hydrogen-bond donors (Lipinski definition) is 1. The summed E-state index contributed by atoms with van der Waals surface area (Å²) in [4.78, 5) is 8.28. The number of anilines is 1. The molecular weight excluding hydrogens is 284 g/mol. The summed E-state index contributed by atoms with van der Waals surface area (Å²) >= 11 is 1.68. The quantitative estimate of drug-likeness (QED) is 0.941. The maximum absolute atomic E-state index is 6.20. The molecule has 2 aromatic heterocycles. The van der Waals surface area contributed by atoms with E-state index in [1.807, 2.05) is 0 Å². The summed E-state index contributed by atoms with van der Waals surface area (Å²) in [6.07, 6.45) is 5.26. The number of nitrogens with two attached hydrogens (primary N) is 1. The summed E-state index contributed by atoms with van der Waals surface area (Å²) in [6, 6.07) is 0.184. The van der Waals surface area contributed by atoms with Gasteiger partial charge in [0.05, 0.1) is 11.8 Å². The first-order valence-corrected chi connectivity index (χ1v) is 8.63. The van der Waals surface area contributed by atoms with Gasteiger partial charge in [0.1, 0.15) is 0 Å². The predicted molar refractivity (Wildman–Crippen MR) is 87.3 cm³/mol. The number of ether oxygens (including phenoxy) is 1. The highest BCUT2D eigenvalue weighted by Crippen LogP contribution is 2.27. The molecule has 0 aliphatic carbocycles. The van der Waals surface area contributed by atoms with Gasteiger partial charge in [-0.1, -0.05) is 6.92 Å². The van der Waals surface area contributed by atoms with Crippen molar-refractivity contribution in [3.8, 4) is 0 Å². The molecule has 2 N–H and O–H groups in total. The first kappa shape index (κ1) is 14.8. The summed E-state index contributed by atoms with van der Waals surface area (Å²) in [6.45, 7) is 7.01. The van der Waals surface area contributed by atoms with E-state index in [2.05, 4.69) is 34.7 Å². The topological polar surface area (TPSA) is 55.8 Å². The highest BCUT2D eigenvalue weighted by Gasteiger charge is 2.23. The van der Waals surface area contributed by atoms with Crippen molar-refractivity contribution in [1.29, 1.82) is 0 Å². The van der Waals surface area contributed by atoms with E-state index in [1.165, 1.54) is 5.69 Å². The van der Waals surface area contributed by atoms with Crippen LogP contribution in [0.2, 0.25) is 0 Å². The number of nitrogens with zero attached hydrogens (tertiary/aromatic N) is 3. The van der Waals surface area contributed by atoms with Gasteiger partial charge in [0.2, 0.25) is 0 Å². The van der Waals surface area contributed by atoms with Gasteiger partial charge < -0.3 is 15.4 Å². The van der Waals surface area contributed by atoms with Crippen molar-refractivity contribution in [2.24, 2.45) is 5.73 Å². The zero-order valence-corrected chi connectivity index (χ0v) is 13.6. The predicted octanol–water partition coefficient (Wildman–Crippen LogP) is 2.29. The molecule has 6 heteroatoms. The third-order valence-electron chi connectivity index (χ3n) is 4.07. The van der Waals surface area contributed by atoms with Crippen molar-refractivity contribution in [2.45, 2.75) is 45.3 Å². The Morgan fingerprint density at radius 2 is 2.43 bits per heavy atom. The van der Waals surface area contributed by atoms with Gasteiger partial charge in [-0.05, 0) is 19.8 Å². The Morgan fingerprint density at radius 3 is 3.24 bits per heavy atom. The lowest BCUT2D eigenvalue weighted by molar-refractivity contribution is 0.0820. The number of rotatable bonds is 4. The normalized spacial score (nSPS) is 21.7. The average Bonchev–Trinajstić information content (AvgIpc) is 2.98. The van der Waals surface area contributed by atoms with Gasteiger partial charge in [0.15, 0.2) is 10.8 Å². The van der Waals surface area contributed by atoms with E-state index >= 15 is 0 Å². The second-order valence-corrected chi connectivity index (χ2v) is 6.66. The summed E-state index contributed by atoms with van der Waals surface area (Å²) in [5.74, 6) is 1.10. The lowest BCUT2D eigenvalue weighted by atomic mass is 10.1. The standard InChI is InChI=1S/C15H24N4OS/c1-3-12(16)9-13-14(17-15-19(13)6-8-21-15)18-5-4-7-20-11(2)10-18/h6,8,11-12H,3-5,7,9-10,16H2,1-2H3. The number of fused-ring (bicyclic) bond motifs is 1. The summed E-state index contributed by atoms with van der Waals surface area (Å²) in [5, 5.41) is 2.08. The van der Waals surface area contributed by atoms with Gasteiger partial charge >= 0.3 is 0 Å². The van der Waals surface area contributed by atoms with Crippen LogP contribution in [0.4, 0.5) is 5.82 Å². The van der Waals surface area contributed by atoms with Crippen LogP contribution in [0.5, 0.6) is 0 Å². The molecule has 0 radical (unpaired) electrons. The van der Waals surface area contributed by atoms with E-state index in [9.17, 15) is 0 Å². The smallest absolute Gasteiger partial charge is 0.195 e. The molecule has 1 saturated heterocycles. The van der Waals surface area contributed by atoms with Crippen molar-refractivity contribution in [3.63, 3.8) is 0 Å². The van der Waals surface area contributed by atoms with Gasteiger partial charge in [-0.25, -0.2) is 4.98 Å². The highest BCUT2D eigenvalue weighted by molar-refractivity contribution is 7.15. The number of imidazole rings is 1.